The van der Waals surface area contributed by atoms with Crippen molar-refractivity contribution in [2.24, 2.45) is 7.05 Å². The summed E-state index contributed by atoms with van der Waals surface area (Å²) in [7, 11) is 1.77. The Balaban J connectivity index is 2.37. The monoisotopic (exact) mass is 280 g/mol. The number of hydrogen-bond acceptors (Lipinski definition) is 7. The fourth-order valence-corrected chi connectivity index (χ4v) is 2.22. The lowest BCUT2D eigenvalue weighted by atomic mass is 10.4. The van der Waals surface area contributed by atoms with E-state index in [2.05, 4.69) is 20.5 Å². The first-order chi connectivity index (χ1) is 9.11. The van der Waals surface area contributed by atoms with Gasteiger partial charge in [-0.15, -0.1) is 10.2 Å². The molecule has 9 heteroatoms. The summed E-state index contributed by atoms with van der Waals surface area (Å²) < 4.78 is 1.68. The molecule has 8 nitrogen and oxygen atoms in total. The van der Waals surface area contributed by atoms with Crippen LogP contribution in [0.5, 0.6) is 0 Å². The molecule has 100 valence electrons. The van der Waals surface area contributed by atoms with Crippen LogP contribution in [0.2, 0.25) is 0 Å². The molecule has 0 aliphatic rings. The van der Waals surface area contributed by atoms with Gasteiger partial charge < -0.3 is 9.88 Å². The molecular weight excluding hydrogens is 268 g/mol. The summed E-state index contributed by atoms with van der Waals surface area (Å²) in [6, 6.07) is 3.02. The Morgan fingerprint density at radius 3 is 2.89 bits per heavy atom. The van der Waals surface area contributed by atoms with Crippen molar-refractivity contribution in [2.45, 2.75) is 17.1 Å². The van der Waals surface area contributed by atoms with E-state index in [1.54, 1.807) is 17.7 Å². The molecule has 0 fully saturated rings. The number of aryl methyl sites for hydroxylation is 1. The van der Waals surface area contributed by atoms with Crippen LogP contribution in [0.4, 0.5) is 11.5 Å². The summed E-state index contributed by atoms with van der Waals surface area (Å²) >= 11 is 1.11. The third-order valence-corrected chi connectivity index (χ3v) is 3.30. The van der Waals surface area contributed by atoms with Gasteiger partial charge in [-0.2, -0.15) is 0 Å². The molecule has 0 atom stereocenters. The summed E-state index contributed by atoms with van der Waals surface area (Å²) in [5, 5.41) is 22.5. The third-order valence-electron chi connectivity index (χ3n) is 2.25. The first kappa shape index (κ1) is 13.3. The minimum Gasteiger partial charge on any atom is -0.370 e. The molecule has 0 aliphatic heterocycles. The van der Waals surface area contributed by atoms with E-state index in [0.29, 0.717) is 22.5 Å². The molecule has 0 saturated heterocycles. The van der Waals surface area contributed by atoms with Crippen LogP contribution in [0.25, 0.3) is 0 Å². The number of nitrogens with one attached hydrogen (secondary N) is 1. The van der Waals surface area contributed by atoms with Crippen LogP contribution in [0.3, 0.4) is 0 Å². The molecule has 2 aromatic rings. The molecule has 0 bridgehead atoms. The molecule has 0 aromatic carbocycles. The molecule has 19 heavy (non-hydrogen) atoms. The second-order valence-corrected chi connectivity index (χ2v) is 4.59. The van der Waals surface area contributed by atoms with Gasteiger partial charge in [-0.1, -0.05) is 0 Å². The normalized spacial score (nSPS) is 10.4. The Morgan fingerprint density at radius 2 is 2.32 bits per heavy atom. The lowest BCUT2D eigenvalue weighted by molar-refractivity contribution is -0.388. The smallest absolute Gasteiger partial charge is 0.301 e. The predicted molar refractivity (Wildman–Crippen MR) is 70.2 cm³/mol. The fourth-order valence-electron chi connectivity index (χ4n) is 1.38. The zero-order valence-corrected chi connectivity index (χ0v) is 11.2. The molecule has 0 unspecified atom stereocenters. The van der Waals surface area contributed by atoms with E-state index < -0.39 is 4.92 Å². The van der Waals surface area contributed by atoms with Crippen LogP contribution in [-0.2, 0) is 7.05 Å². The van der Waals surface area contributed by atoms with Gasteiger partial charge in [-0.25, -0.2) is 4.98 Å². The molecule has 2 heterocycles. The average molecular weight is 280 g/mol. The fraction of sp³-hybridized carbons (Fsp3) is 0.300. The van der Waals surface area contributed by atoms with Crippen LogP contribution in [-0.4, -0.2) is 31.2 Å². The number of anilines is 1. The number of nitrogens with zero attached hydrogens (tertiary/aromatic N) is 5. The Bertz CT molecular complexity index is 599. The van der Waals surface area contributed by atoms with E-state index in [-0.39, 0.29) is 5.69 Å². The van der Waals surface area contributed by atoms with Crippen LogP contribution in [0.15, 0.2) is 28.6 Å². The maximum absolute atomic E-state index is 11.0. The van der Waals surface area contributed by atoms with Gasteiger partial charge in [0.05, 0.1) is 4.92 Å². The molecule has 0 saturated carbocycles. The highest BCUT2D eigenvalue weighted by atomic mass is 32.2. The van der Waals surface area contributed by atoms with Crippen molar-refractivity contribution in [3.05, 3.63) is 28.6 Å². The predicted octanol–water partition coefficient (Wildman–Crippen LogP) is 1.70. The van der Waals surface area contributed by atoms with Gasteiger partial charge in [0.25, 0.3) is 0 Å². The van der Waals surface area contributed by atoms with Crippen molar-refractivity contribution in [1.82, 2.24) is 19.7 Å². The zero-order chi connectivity index (χ0) is 13.8. The molecule has 0 aliphatic carbocycles. The zero-order valence-electron chi connectivity index (χ0n) is 10.4. The van der Waals surface area contributed by atoms with Crippen LogP contribution < -0.4 is 5.32 Å². The van der Waals surface area contributed by atoms with Gasteiger partial charge in [0, 0.05) is 19.7 Å². The number of pyridine rings is 1. The van der Waals surface area contributed by atoms with Crippen LogP contribution in [0.1, 0.15) is 6.92 Å². The van der Waals surface area contributed by atoms with Crippen molar-refractivity contribution in [3.8, 4) is 0 Å². The topological polar surface area (TPSA) is 98.8 Å². The highest BCUT2D eigenvalue weighted by molar-refractivity contribution is 7.99. The maximum atomic E-state index is 11.0. The minimum atomic E-state index is -0.457. The van der Waals surface area contributed by atoms with Gasteiger partial charge in [0.15, 0.2) is 10.2 Å². The van der Waals surface area contributed by atoms with Crippen molar-refractivity contribution < 1.29 is 4.92 Å². The Labute approximate surface area is 113 Å². The van der Waals surface area contributed by atoms with Crippen molar-refractivity contribution in [1.29, 1.82) is 0 Å². The molecule has 2 aromatic heterocycles. The lowest BCUT2D eigenvalue weighted by Crippen LogP contribution is -2.02. The first-order valence-corrected chi connectivity index (χ1v) is 6.34. The molecule has 1 N–H and O–H groups in total. The van der Waals surface area contributed by atoms with Gasteiger partial charge in [-0.05, 0) is 24.8 Å². The van der Waals surface area contributed by atoms with E-state index in [1.807, 2.05) is 6.92 Å². The van der Waals surface area contributed by atoms with Gasteiger partial charge >= 0.3 is 5.69 Å². The quantitative estimate of drug-likeness (QED) is 0.657. The standard InChI is InChI=1S/C10H12N6O2S/c1-3-11-8-5-4-7(16(17)18)9(13-8)19-10-14-12-6-15(10)2/h4-6H,3H2,1-2H3,(H,11,13). The van der Waals surface area contributed by atoms with Crippen LogP contribution >= 0.6 is 11.8 Å². The molecular formula is C10H12N6O2S. The summed E-state index contributed by atoms with van der Waals surface area (Å²) in [4.78, 5) is 14.8. The van der Waals surface area contributed by atoms with Crippen molar-refractivity contribution in [3.63, 3.8) is 0 Å². The third kappa shape index (κ3) is 2.99. The van der Waals surface area contributed by atoms with E-state index in [0.717, 1.165) is 11.8 Å². The Hall–Kier alpha value is -2.16. The van der Waals surface area contributed by atoms with E-state index in [4.69, 9.17) is 0 Å². The van der Waals surface area contributed by atoms with Gasteiger partial charge in [0.2, 0.25) is 0 Å². The SMILES string of the molecule is CCNc1ccc([N+](=O)[O-])c(Sc2nncn2C)n1. The number of aromatic nitrogens is 4. The minimum absolute atomic E-state index is 0.0466. The molecule has 0 spiro atoms. The maximum Gasteiger partial charge on any atom is 0.301 e. The van der Waals surface area contributed by atoms with Crippen molar-refractivity contribution in [2.75, 3.05) is 11.9 Å². The van der Waals surface area contributed by atoms with Gasteiger partial charge in [-0.3, -0.25) is 10.1 Å². The summed E-state index contributed by atoms with van der Waals surface area (Å²) in [6.45, 7) is 2.62. The number of nitro groups is 1. The average Bonchev–Trinajstić information content (AvgIpc) is 2.75. The van der Waals surface area contributed by atoms with Gasteiger partial charge in [0.1, 0.15) is 12.1 Å². The van der Waals surface area contributed by atoms with Crippen LogP contribution in [0, 0.1) is 10.1 Å². The Morgan fingerprint density at radius 1 is 1.53 bits per heavy atom. The largest absolute Gasteiger partial charge is 0.370 e. The number of rotatable bonds is 5. The second-order valence-electron chi connectivity index (χ2n) is 3.63. The summed E-state index contributed by atoms with van der Waals surface area (Å²) in [5.74, 6) is 0.595. The molecule has 2 rings (SSSR count). The van der Waals surface area contributed by atoms with E-state index in [9.17, 15) is 10.1 Å². The second kappa shape index (κ2) is 5.65. The highest BCUT2D eigenvalue weighted by Gasteiger charge is 2.19. The Kier molecular flexibility index (Phi) is 3.95. The van der Waals surface area contributed by atoms with E-state index >= 15 is 0 Å². The highest BCUT2D eigenvalue weighted by Crippen LogP contribution is 2.32. The van der Waals surface area contributed by atoms with Crippen molar-refractivity contribution >= 4 is 23.3 Å². The lowest BCUT2D eigenvalue weighted by Gasteiger charge is -2.05. The molecule has 0 amide bonds. The van der Waals surface area contributed by atoms with E-state index in [1.165, 1.54) is 12.4 Å². The molecule has 0 radical (unpaired) electrons. The number of hydrogen-bond donors (Lipinski definition) is 1. The summed E-state index contributed by atoms with van der Waals surface area (Å²) in [6.07, 6.45) is 1.53. The first-order valence-electron chi connectivity index (χ1n) is 5.53. The summed E-state index contributed by atoms with van der Waals surface area (Å²) in [5.41, 5.74) is -0.0466.